The van der Waals surface area contributed by atoms with Gasteiger partial charge in [-0.25, -0.2) is 5.06 Å². The molecule has 0 unspecified atom stereocenters. The van der Waals surface area contributed by atoms with E-state index in [4.69, 9.17) is 11.3 Å². The fourth-order valence-corrected chi connectivity index (χ4v) is 1.24. The first kappa shape index (κ1) is 14.1. The number of aromatic nitrogens is 2. The van der Waals surface area contributed by atoms with E-state index in [0.29, 0.717) is 24.1 Å². The number of anilines is 3. The van der Waals surface area contributed by atoms with Crippen molar-refractivity contribution in [3.63, 3.8) is 0 Å². The van der Waals surface area contributed by atoms with Gasteiger partial charge in [0.1, 0.15) is 5.82 Å². The van der Waals surface area contributed by atoms with Crippen LogP contribution in [0.15, 0.2) is 6.07 Å². The Labute approximate surface area is 108 Å². The second-order valence-electron chi connectivity index (χ2n) is 3.60. The van der Waals surface area contributed by atoms with Crippen molar-refractivity contribution in [2.45, 2.75) is 13.3 Å². The van der Waals surface area contributed by atoms with Gasteiger partial charge in [-0.1, -0.05) is 12.8 Å². The van der Waals surface area contributed by atoms with Crippen LogP contribution in [-0.2, 0) is 4.84 Å². The van der Waals surface area contributed by atoms with Crippen LogP contribution in [0.25, 0.3) is 0 Å². The molecule has 0 aliphatic carbocycles. The van der Waals surface area contributed by atoms with Crippen molar-refractivity contribution in [2.75, 3.05) is 42.9 Å². The minimum absolute atomic E-state index is 0.417. The van der Waals surface area contributed by atoms with Gasteiger partial charge in [-0.15, -0.1) is 6.42 Å². The van der Waals surface area contributed by atoms with Crippen LogP contribution >= 0.6 is 0 Å². The second-order valence-corrected chi connectivity index (χ2v) is 3.60. The third-order valence-corrected chi connectivity index (χ3v) is 2.21. The smallest absolute Gasteiger partial charge is 0.226 e. The maximum Gasteiger partial charge on any atom is 0.226 e. The first-order valence-electron chi connectivity index (χ1n) is 5.79. The summed E-state index contributed by atoms with van der Waals surface area (Å²) >= 11 is 0. The van der Waals surface area contributed by atoms with Crippen molar-refractivity contribution in [2.24, 2.45) is 0 Å². The molecule has 0 aliphatic rings. The number of nitrogens with zero attached hydrogens (tertiary/aromatic N) is 3. The van der Waals surface area contributed by atoms with Gasteiger partial charge in [-0.2, -0.15) is 9.97 Å². The summed E-state index contributed by atoms with van der Waals surface area (Å²) in [5.74, 6) is 4.38. The van der Waals surface area contributed by atoms with E-state index >= 15 is 0 Å². The summed E-state index contributed by atoms with van der Waals surface area (Å²) < 4.78 is 0. The summed E-state index contributed by atoms with van der Waals surface area (Å²) in [5.41, 5.74) is 0. The molecule has 18 heavy (non-hydrogen) atoms. The van der Waals surface area contributed by atoms with E-state index in [9.17, 15) is 0 Å². The van der Waals surface area contributed by atoms with Crippen molar-refractivity contribution < 1.29 is 4.84 Å². The molecule has 0 amide bonds. The lowest BCUT2D eigenvalue weighted by Crippen LogP contribution is -2.18. The van der Waals surface area contributed by atoms with Gasteiger partial charge >= 0.3 is 0 Å². The number of rotatable bonds is 7. The number of hydrogen-bond donors (Lipinski definition) is 2. The van der Waals surface area contributed by atoms with Crippen molar-refractivity contribution in [1.29, 1.82) is 0 Å². The maximum absolute atomic E-state index is 5.21. The zero-order chi connectivity index (χ0) is 13.4. The van der Waals surface area contributed by atoms with E-state index < -0.39 is 0 Å². The molecule has 1 aromatic heterocycles. The van der Waals surface area contributed by atoms with E-state index in [1.807, 2.05) is 0 Å². The fraction of sp³-hybridized carbons (Fsp3) is 0.500. The van der Waals surface area contributed by atoms with Crippen LogP contribution in [0.1, 0.15) is 13.3 Å². The van der Waals surface area contributed by atoms with Crippen molar-refractivity contribution in [3.8, 4) is 12.3 Å². The van der Waals surface area contributed by atoms with Gasteiger partial charge in [0.25, 0.3) is 0 Å². The molecule has 0 aliphatic heterocycles. The predicted molar refractivity (Wildman–Crippen MR) is 73.5 cm³/mol. The lowest BCUT2D eigenvalue weighted by Gasteiger charge is -2.16. The van der Waals surface area contributed by atoms with Crippen molar-refractivity contribution in [3.05, 3.63) is 6.07 Å². The fourth-order valence-electron chi connectivity index (χ4n) is 1.24. The third-order valence-electron chi connectivity index (χ3n) is 2.21. The Bertz CT molecular complexity index is 415. The molecular weight excluding hydrogens is 230 g/mol. The lowest BCUT2D eigenvalue weighted by atomic mass is 10.4. The summed E-state index contributed by atoms with van der Waals surface area (Å²) in [6.45, 7) is 3.31. The first-order valence-corrected chi connectivity index (χ1v) is 5.79. The quantitative estimate of drug-likeness (QED) is 0.561. The highest BCUT2D eigenvalue weighted by molar-refractivity contribution is 5.52. The van der Waals surface area contributed by atoms with Gasteiger partial charge in [0, 0.05) is 19.7 Å². The Morgan fingerprint density at radius 1 is 1.44 bits per heavy atom. The molecule has 1 aromatic rings. The lowest BCUT2D eigenvalue weighted by molar-refractivity contribution is 0.182. The molecule has 2 N–H and O–H groups in total. The van der Waals surface area contributed by atoms with Gasteiger partial charge < -0.3 is 10.6 Å². The summed E-state index contributed by atoms with van der Waals surface area (Å²) in [4.78, 5) is 13.8. The highest BCUT2D eigenvalue weighted by atomic mass is 16.7. The molecule has 0 atom stereocenters. The van der Waals surface area contributed by atoms with Crippen LogP contribution < -0.4 is 15.7 Å². The molecule has 0 aromatic carbocycles. The molecule has 6 nitrogen and oxygen atoms in total. The maximum atomic E-state index is 5.21. The van der Waals surface area contributed by atoms with Crippen LogP contribution in [0.5, 0.6) is 0 Å². The van der Waals surface area contributed by atoms with Gasteiger partial charge in [-0.3, -0.25) is 4.84 Å². The Hall–Kier alpha value is -2.00. The summed E-state index contributed by atoms with van der Waals surface area (Å²) in [7, 11) is 3.35. The highest BCUT2D eigenvalue weighted by Gasteiger charge is 2.07. The largest absolute Gasteiger partial charge is 0.359 e. The van der Waals surface area contributed by atoms with Crippen molar-refractivity contribution >= 4 is 17.6 Å². The minimum atomic E-state index is 0.417. The average Bonchev–Trinajstić information content (AvgIpc) is 2.41. The van der Waals surface area contributed by atoms with Crippen LogP contribution in [0.2, 0.25) is 0 Å². The summed E-state index contributed by atoms with van der Waals surface area (Å²) in [6.07, 6.45) is 6.21. The Morgan fingerprint density at radius 2 is 2.22 bits per heavy atom. The second kappa shape index (κ2) is 7.35. The van der Waals surface area contributed by atoms with E-state index in [1.165, 1.54) is 0 Å². The molecule has 1 rings (SSSR count). The van der Waals surface area contributed by atoms with Gasteiger partial charge in [0.05, 0.1) is 13.7 Å². The van der Waals surface area contributed by atoms with E-state index in [1.54, 1.807) is 25.3 Å². The average molecular weight is 249 g/mol. The van der Waals surface area contributed by atoms with Gasteiger partial charge in [-0.05, 0) is 6.42 Å². The molecule has 0 bridgehead atoms. The molecule has 0 fully saturated rings. The third kappa shape index (κ3) is 4.11. The van der Waals surface area contributed by atoms with Gasteiger partial charge in [0.2, 0.25) is 5.95 Å². The Morgan fingerprint density at radius 3 is 2.83 bits per heavy atom. The van der Waals surface area contributed by atoms with Crippen LogP contribution in [0.4, 0.5) is 17.6 Å². The predicted octanol–water partition coefficient (Wildman–Crippen LogP) is 1.34. The Kier molecular flexibility index (Phi) is 5.74. The molecule has 0 saturated heterocycles. The number of nitrogens with one attached hydrogen (secondary N) is 2. The standard InChI is InChI=1S/C12H19N5O/c1-5-7-13-10-9-11(17(3)18-4)16-12(15-10)14-8-6-2/h1,9H,6-8H2,2-4H3,(H2,13,14,15,16). The molecule has 1 heterocycles. The molecule has 98 valence electrons. The number of terminal acetylenes is 1. The first-order chi connectivity index (χ1) is 8.71. The molecule has 0 spiro atoms. The highest BCUT2D eigenvalue weighted by Crippen LogP contribution is 2.17. The molecule has 0 saturated carbocycles. The molecule has 0 radical (unpaired) electrons. The van der Waals surface area contributed by atoms with E-state index in [-0.39, 0.29) is 0 Å². The zero-order valence-electron chi connectivity index (χ0n) is 11.0. The normalized spacial score (nSPS) is 9.67. The summed E-state index contributed by atoms with van der Waals surface area (Å²) in [5, 5.41) is 7.71. The molecule has 6 heteroatoms. The topological polar surface area (TPSA) is 62.3 Å². The summed E-state index contributed by atoms with van der Waals surface area (Å²) in [6, 6.07) is 1.78. The van der Waals surface area contributed by atoms with Gasteiger partial charge in [0.15, 0.2) is 5.82 Å². The van der Waals surface area contributed by atoms with Crippen LogP contribution in [0.3, 0.4) is 0 Å². The van der Waals surface area contributed by atoms with Crippen LogP contribution in [0, 0.1) is 12.3 Å². The zero-order valence-corrected chi connectivity index (χ0v) is 11.0. The van der Waals surface area contributed by atoms with E-state index in [0.717, 1.165) is 13.0 Å². The monoisotopic (exact) mass is 249 g/mol. The van der Waals surface area contributed by atoms with Crippen LogP contribution in [-0.4, -0.2) is 37.2 Å². The molecular formula is C12H19N5O. The SMILES string of the molecule is C#CCNc1cc(N(C)OC)nc(NCCC)n1. The number of hydrogen-bond acceptors (Lipinski definition) is 6. The van der Waals surface area contributed by atoms with Crippen molar-refractivity contribution in [1.82, 2.24) is 9.97 Å². The Balaban J connectivity index is 2.92. The van der Waals surface area contributed by atoms with E-state index in [2.05, 4.69) is 33.4 Å². The number of hydroxylamine groups is 1. The minimum Gasteiger partial charge on any atom is -0.359 e.